The van der Waals surface area contributed by atoms with Crippen LogP contribution < -0.4 is 15.6 Å². The van der Waals surface area contributed by atoms with Gasteiger partial charge in [-0.2, -0.15) is 0 Å². The number of hydrogen-bond acceptors (Lipinski definition) is 5. The zero-order chi connectivity index (χ0) is 17.6. The fraction of sp³-hybridized carbons (Fsp3) is 0.111. The van der Waals surface area contributed by atoms with Crippen LogP contribution in [-0.2, 0) is 6.61 Å². The summed E-state index contributed by atoms with van der Waals surface area (Å²) in [5.41, 5.74) is 5.21. The maximum absolute atomic E-state index is 12.0. The third-order valence-electron chi connectivity index (χ3n) is 3.37. The number of aryl methyl sites for hydroxylation is 1. The Morgan fingerprint density at radius 3 is 2.48 bits per heavy atom. The SMILES string of the molecule is Cc1ccoc1C(=O)NNC(=O)c1ccc(COc2ccccc2)o1. The van der Waals surface area contributed by atoms with Crippen LogP contribution in [0.4, 0.5) is 0 Å². The van der Waals surface area contributed by atoms with Crippen LogP contribution in [0.15, 0.2) is 63.6 Å². The van der Waals surface area contributed by atoms with E-state index in [-0.39, 0.29) is 18.1 Å². The predicted molar refractivity (Wildman–Crippen MR) is 87.9 cm³/mol. The molecular weight excluding hydrogens is 324 g/mol. The number of nitrogens with one attached hydrogen (secondary N) is 2. The van der Waals surface area contributed by atoms with Crippen molar-refractivity contribution in [1.29, 1.82) is 0 Å². The Balaban J connectivity index is 1.52. The van der Waals surface area contributed by atoms with Gasteiger partial charge in [0.05, 0.1) is 6.26 Å². The van der Waals surface area contributed by atoms with E-state index in [9.17, 15) is 9.59 Å². The second-order valence-electron chi connectivity index (χ2n) is 5.21. The summed E-state index contributed by atoms with van der Waals surface area (Å²) in [6.07, 6.45) is 1.40. The zero-order valence-corrected chi connectivity index (χ0v) is 13.4. The Kier molecular flexibility index (Phi) is 4.84. The summed E-state index contributed by atoms with van der Waals surface area (Å²) < 4.78 is 16.0. The lowest BCUT2D eigenvalue weighted by Crippen LogP contribution is -2.41. The summed E-state index contributed by atoms with van der Waals surface area (Å²) >= 11 is 0. The molecule has 7 heteroatoms. The predicted octanol–water partition coefficient (Wildman–Crippen LogP) is 2.83. The maximum Gasteiger partial charge on any atom is 0.305 e. The van der Waals surface area contributed by atoms with Gasteiger partial charge in [-0.25, -0.2) is 0 Å². The number of ether oxygens (including phenoxy) is 1. The van der Waals surface area contributed by atoms with Crippen molar-refractivity contribution < 1.29 is 23.2 Å². The van der Waals surface area contributed by atoms with E-state index in [2.05, 4.69) is 10.9 Å². The largest absolute Gasteiger partial charge is 0.486 e. The molecule has 0 unspecified atom stereocenters. The van der Waals surface area contributed by atoms with E-state index in [0.29, 0.717) is 17.1 Å². The second-order valence-corrected chi connectivity index (χ2v) is 5.21. The third kappa shape index (κ3) is 4.08. The minimum absolute atomic E-state index is 0.0585. The van der Waals surface area contributed by atoms with Gasteiger partial charge in [-0.15, -0.1) is 0 Å². The van der Waals surface area contributed by atoms with E-state index in [4.69, 9.17) is 13.6 Å². The molecule has 0 aliphatic rings. The highest BCUT2D eigenvalue weighted by Gasteiger charge is 2.16. The molecule has 0 fully saturated rings. The Labute approximate surface area is 143 Å². The van der Waals surface area contributed by atoms with Crippen LogP contribution in [0.2, 0.25) is 0 Å². The molecule has 128 valence electrons. The number of hydrogen-bond donors (Lipinski definition) is 2. The van der Waals surface area contributed by atoms with Crippen LogP contribution >= 0.6 is 0 Å². The quantitative estimate of drug-likeness (QED) is 0.697. The van der Waals surface area contributed by atoms with Gasteiger partial charge >= 0.3 is 11.8 Å². The molecule has 3 aromatic rings. The number of hydrazine groups is 1. The van der Waals surface area contributed by atoms with Gasteiger partial charge in [-0.05, 0) is 37.3 Å². The molecule has 0 saturated carbocycles. The van der Waals surface area contributed by atoms with Crippen molar-refractivity contribution in [3.8, 4) is 5.75 Å². The average Bonchev–Trinajstić information content (AvgIpc) is 3.27. The first-order valence-corrected chi connectivity index (χ1v) is 7.55. The molecule has 0 aliphatic heterocycles. The molecule has 2 N–H and O–H groups in total. The van der Waals surface area contributed by atoms with Gasteiger partial charge in [-0.1, -0.05) is 18.2 Å². The Bertz CT molecular complexity index is 866. The van der Waals surface area contributed by atoms with E-state index in [1.807, 2.05) is 30.3 Å². The molecule has 0 spiro atoms. The van der Waals surface area contributed by atoms with Crippen molar-refractivity contribution in [1.82, 2.24) is 10.9 Å². The van der Waals surface area contributed by atoms with Crippen LogP contribution in [0.3, 0.4) is 0 Å². The minimum atomic E-state index is -0.580. The lowest BCUT2D eigenvalue weighted by Gasteiger charge is -2.05. The van der Waals surface area contributed by atoms with Crippen LogP contribution in [-0.4, -0.2) is 11.8 Å². The lowest BCUT2D eigenvalue weighted by atomic mass is 10.3. The Hall–Kier alpha value is -3.48. The molecule has 2 heterocycles. The van der Waals surface area contributed by atoms with Crippen LogP contribution in [0.1, 0.15) is 32.4 Å². The highest BCUT2D eigenvalue weighted by atomic mass is 16.5. The summed E-state index contributed by atoms with van der Waals surface area (Å²) in [5.74, 6) is 0.256. The number of furan rings is 2. The van der Waals surface area contributed by atoms with Gasteiger partial charge in [0.25, 0.3) is 0 Å². The number of amides is 2. The van der Waals surface area contributed by atoms with Gasteiger partial charge in [0.15, 0.2) is 11.5 Å². The van der Waals surface area contributed by atoms with E-state index in [1.54, 1.807) is 19.1 Å². The van der Waals surface area contributed by atoms with Crippen molar-refractivity contribution in [2.45, 2.75) is 13.5 Å². The number of carbonyl (C=O) groups is 2. The smallest absolute Gasteiger partial charge is 0.305 e. The lowest BCUT2D eigenvalue weighted by molar-refractivity contribution is 0.0814. The topological polar surface area (TPSA) is 93.7 Å². The molecule has 25 heavy (non-hydrogen) atoms. The van der Waals surface area contributed by atoms with E-state index in [0.717, 1.165) is 0 Å². The van der Waals surface area contributed by atoms with Crippen molar-refractivity contribution in [3.05, 3.63) is 77.6 Å². The molecule has 1 aromatic carbocycles. The van der Waals surface area contributed by atoms with E-state index >= 15 is 0 Å². The van der Waals surface area contributed by atoms with E-state index in [1.165, 1.54) is 12.3 Å². The second kappa shape index (κ2) is 7.39. The minimum Gasteiger partial charge on any atom is -0.486 e. The summed E-state index contributed by atoms with van der Waals surface area (Å²) in [7, 11) is 0. The Morgan fingerprint density at radius 1 is 1.00 bits per heavy atom. The Morgan fingerprint density at radius 2 is 1.76 bits per heavy atom. The van der Waals surface area contributed by atoms with Crippen molar-refractivity contribution in [3.63, 3.8) is 0 Å². The fourth-order valence-electron chi connectivity index (χ4n) is 2.09. The number of carbonyl (C=O) groups excluding carboxylic acids is 2. The molecule has 2 aromatic heterocycles. The average molecular weight is 340 g/mol. The molecule has 0 radical (unpaired) electrons. The van der Waals surface area contributed by atoms with Crippen molar-refractivity contribution >= 4 is 11.8 Å². The molecule has 0 bridgehead atoms. The molecule has 3 rings (SSSR count). The number of benzene rings is 1. The molecule has 0 aliphatic carbocycles. The third-order valence-corrected chi connectivity index (χ3v) is 3.37. The first-order chi connectivity index (χ1) is 12.1. The highest BCUT2D eigenvalue weighted by Crippen LogP contribution is 2.14. The molecule has 0 atom stereocenters. The van der Waals surface area contributed by atoms with Crippen molar-refractivity contribution in [2.24, 2.45) is 0 Å². The highest BCUT2D eigenvalue weighted by molar-refractivity contribution is 5.97. The van der Waals surface area contributed by atoms with Crippen LogP contribution in [0.5, 0.6) is 5.75 Å². The monoisotopic (exact) mass is 340 g/mol. The van der Waals surface area contributed by atoms with Gasteiger partial charge in [0, 0.05) is 5.56 Å². The fourth-order valence-corrected chi connectivity index (χ4v) is 2.09. The molecule has 2 amide bonds. The summed E-state index contributed by atoms with van der Waals surface area (Å²) in [6, 6.07) is 14.0. The zero-order valence-electron chi connectivity index (χ0n) is 13.4. The van der Waals surface area contributed by atoms with Gasteiger partial charge < -0.3 is 13.6 Å². The van der Waals surface area contributed by atoms with Gasteiger partial charge in [-0.3, -0.25) is 20.4 Å². The van der Waals surface area contributed by atoms with Crippen LogP contribution in [0.25, 0.3) is 0 Å². The summed E-state index contributed by atoms with van der Waals surface area (Å²) in [5, 5.41) is 0. The first-order valence-electron chi connectivity index (χ1n) is 7.55. The van der Waals surface area contributed by atoms with Gasteiger partial charge in [0.1, 0.15) is 18.1 Å². The summed E-state index contributed by atoms with van der Waals surface area (Å²) in [4.78, 5) is 23.9. The summed E-state index contributed by atoms with van der Waals surface area (Å²) in [6.45, 7) is 1.92. The number of para-hydroxylation sites is 1. The number of rotatable bonds is 5. The molecular formula is C18H16N2O5. The maximum atomic E-state index is 12.0. The normalized spacial score (nSPS) is 10.3. The van der Waals surface area contributed by atoms with Crippen LogP contribution in [0, 0.1) is 6.92 Å². The van der Waals surface area contributed by atoms with Gasteiger partial charge in [0.2, 0.25) is 0 Å². The van der Waals surface area contributed by atoms with E-state index < -0.39 is 11.8 Å². The first kappa shape index (κ1) is 16.4. The molecule has 0 saturated heterocycles. The van der Waals surface area contributed by atoms with Crippen molar-refractivity contribution in [2.75, 3.05) is 0 Å². The standard InChI is InChI=1S/C18H16N2O5/c1-12-9-10-23-16(12)18(22)20-19-17(21)15-8-7-14(25-15)11-24-13-5-3-2-4-6-13/h2-10H,11H2,1H3,(H,19,21)(H,20,22). The molecule has 7 nitrogen and oxygen atoms in total.